The maximum absolute atomic E-state index is 5.82. The van der Waals surface area contributed by atoms with Gasteiger partial charge in [-0.15, -0.1) is 11.3 Å². The molecule has 0 aliphatic carbocycles. The molecule has 20 heavy (non-hydrogen) atoms. The lowest BCUT2D eigenvalue weighted by molar-refractivity contribution is 0.307. The molecule has 4 nitrogen and oxygen atoms in total. The van der Waals surface area contributed by atoms with Gasteiger partial charge in [0.2, 0.25) is 0 Å². The zero-order valence-corrected chi connectivity index (χ0v) is 11.5. The van der Waals surface area contributed by atoms with Crippen LogP contribution in [0.1, 0.15) is 5.56 Å². The van der Waals surface area contributed by atoms with Gasteiger partial charge in [-0.25, -0.2) is 9.97 Å². The zero-order valence-electron chi connectivity index (χ0n) is 10.7. The van der Waals surface area contributed by atoms with E-state index in [1.165, 1.54) is 11.3 Å². The average Bonchev–Trinajstić information content (AvgIpc) is 3.00. The maximum Gasteiger partial charge on any atom is 0.188 e. The van der Waals surface area contributed by atoms with Crippen molar-refractivity contribution in [3.05, 3.63) is 65.8 Å². The Hall–Kier alpha value is -2.40. The molecule has 0 radical (unpaired) electrons. The van der Waals surface area contributed by atoms with Gasteiger partial charge in [0, 0.05) is 17.8 Å². The molecule has 0 amide bonds. The standard InChI is InChI=1S/C15H13N3OS/c1-2-5-12(6-3-1)11-19-13-7-4-8-16-14(13)18-15-17-9-10-20-15/h1-10H,11H2,(H,16,17,18). The molecule has 3 aromatic rings. The van der Waals surface area contributed by atoms with Gasteiger partial charge in [-0.3, -0.25) is 0 Å². The Morgan fingerprint density at radius 3 is 2.70 bits per heavy atom. The number of aromatic nitrogens is 2. The quantitative estimate of drug-likeness (QED) is 0.772. The number of pyridine rings is 1. The SMILES string of the molecule is c1ccc(COc2cccnc2Nc2nccs2)cc1. The molecule has 0 spiro atoms. The number of ether oxygens (including phenoxy) is 1. The molecule has 0 fully saturated rings. The van der Waals surface area contributed by atoms with Gasteiger partial charge in [0.25, 0.3) is 0 Å². The van der Waals surface area contributed by atoms with Crippen LogP contribution < -0.4 is 10.1 Å². The van der Waals surface area contributed by atoms with Gasteiger partial charge in [-0.1, -0.05) is 30.3 Å². The molecule has 0 unspecified atom stereocenters. The van der Waals surface area contributed by atoms with Crippen molar-refractivity contribution in [3.63, 3.8) is 0 Å². The fraction of sp³-hybridized carbons (Fsp3) is 0.0667. The van der Waals surface area contributed by atoms with E-state index in [0.717, 1.165) is 10.7 Å². The van der Waals surface area contributed by atoms with Crippen molar-refractivity contribution in [2.45, 2.75) is 6.61 Å². The molecule has 0 aliphatic rings. The Balaban J connectivity index is 1.73. The second-order valence-corrected chi connectivity index (χ2v) is 4.98. The molecule has 3 rings (SSSR count). The largest absolute Gasteiger partial charge is 0.485 e. The first-order chi connectivity index (χ1) is 9.92. The Bertz CT molecular complexity index is 656. The van der Waals surface area contributed by atoms with E-state index in [4.69, 9.17) is 4.74 Å². The van der Waals surface area contributed by atoms with Gasteiger partial charge in [0.1, 0.15) is 6.61 Å². The van der Waals surface area contributed by atoms with Crippen LogP contribution in [0.2, 0.25) is 0 Å². The van der Waals surface area contributed by atoms with Crippen LogP contribution in [-0.4, -0.2) is 9.97 Å². The second kappa shape index (κ2) is 6.16. The molecule has 0 saturated heterocycles. The molecule has 1 N–H and O–H groups in total. The molecule has 1 aromatic carbocycles. The summed E-state index contributed by atoms with van der Waals surface area (Å²) in [5, 5.41) is 5.87. The van der Waals surface area contributed by atoms with E-state index in [1.54, 1.807) is 12.4 Å². The number of anilines is 2. The van der Waals surface area contributed by atoms with Crippen molar-refractivity contribution in [2.24, 2.45) is 0 Å². The Labute approximate surface area is 121 Å². The van der Waals surface area contributed by atoms with E-state index < -0.39 is 0 Å². The summed E-state index contributed by atoms with van der Waals surface area (Å²) in [4.78, 5) is 8.48. The van der Waals surface area contributed by atoms with Crippen molar-refractivity contribution in [1.82, 2.24) is 9.97 Å². The van der Waals surface area contributed by atoms with Crippen molar-refractivity contribution in [1.29, 1.82) is 0 Å². The van der Waals surface area contributed by atoms with Crippen molar-refractivity contribution in [2.75, 3.05) is 5.32 Å². The molecule has 0 saturated carbocycles. The van der Waals surface area contributed by atoms with E-state index in [2.05, 4.69) is 15.3 Å². The van der Waals surface area contributed by atoms with Crippen LogP contribution >= 0.6 is 11.3 Å². The summed E-state index contributed by atoms with van der Waals surface area (Å²) in [6.45, 7) is 0.513. The lowest BCUT2D eigenvalue weighted by Crippen LogP contribution is -2.00. The van der Waals surface area contributed by atoms with Gasteiger partial charge in [0.05, 0.1) is 0 Å². The minimum absolute atomic E-state index is 0.513. The average molecular weight is 283 g/mol. The van der Waals surface area contributed by atoms with Crippen LogP contribution in [-0.2, 0) is 6.61 Å². The first-order valence-corrected chi connectivity index (χ1v) is 7.08. The number of thiazole rings is 1. The normalized spacial score (nSPS) is 10.2. The van der Waals surface area contributed by atoms with E-state index in [-0.39, 0.29) is 0 Å². The molecule has 100 valence electrons. The first-order valence-electron chi connectivity index (χ1n) is 6.20. The highest BCUT2D eigenvalue weighted by Crippen LogP contribution is 2.26. The third-order valence-electron chi connectivity index (χ3n) is 2.67. The molecule has 0 bridgehead atoms. The van der Waals surface area contributed by atoms with E-state index >= 15 is 0 Å². The fourth-order valence-electron chi connectivity index (χ4n) is 1.72. The van der Waals surface area contributed by atoms with Gasteiger partial charge >= 0.3 is 0 Å². The highest BCUT2D eigenvalue weighted by atomic mass is 32.1. The van der Waals surface area contributed by atoms with E-state index in [9.17, 15) is 0 Å². The minimum Gasteiger partial charge on any atom is -0.485 e. The molecule has 5 heteroatoms. The minimum atomic E-state index is 0.513. The van der Waals surface area contributed by atoms with Crippen LogP contribution in [0.15, 0.2) is 60.2 Å². The molecule has 0 aliphatic heterocycles. The Morgan fingerprint density at radius 1 is 1.00 bits per heavy atom. The van der Waals surface area contributed by atoms with Gasteiger partial charge in [0.15, 0.2) is 16.7 Å². The van der Waals surface area contributed by atoms with Crippen molar-refractivity contribution >= 4 is 22.3 Å². The lowest BCUT2D eigenvalue weighted by atomic mass is 10.2. The van der Waals surface area contributed by atoms with Crippen molar-refractivity contribution < 1.29 is 4.74 Å². The Kier molecular flexibility index (Phi) is 3.89. The monoisotopic (exact) mass is 283 g/mol. The summed E-state index contributed by atoms with van der Waals surface area (Å²) in [5.74, 6) is 1.39. The van der Waals surface area contributed by atoms with E-state index in [0.29, 0.717) is 18.2 Å². The van der Waals surface area contributed by atoms with Crippen LogP contribution in [0, 0.1) is 0 Å². The molecular weight excluding hydrogens is 270 g/mol. The third-order valence-corrected chi connectivity index (χ3v) is 3.35. The fourth-order valence-corrected chi connectivity index (χ4v) is 2.25. The van der Waals surface area contributed by atoms with Gasteiger partial charge in [-0.05, 0) is 17.7 Å². The number of hydrogen-bond acceptors (Lipinski definition) is 5. The summed E-state index contributed by atoms with van der Waals surface area (Å²) < 4.78 is 5.82. The molecule has 2 heterocycles. The van der Waals surface area contributed by atoms with Crippen LogP contribution in [0.25, 0.3) is 0 Å². The number of benzene rings is 1. The number of rotatable bonds is 5. The third kappa shape index (κ3) is 3.13. The highest BCUT2D eigenvalue weighted by molar-refractivity contribution is 7.13. The van der Waals surface area contributed by atoms with Crippen LogP contribution in [0.5, 0.6) is 5.75 Å². The Morgan fingerprint density at radius 2 is 1.90 bits per heavy atom. The van der Waals surface area contributed by atoms with Crippen molar-refractivity contribution in [3.8, 4) is 5.75 Å². The van der Waals surface area contributed by atoms with Gasteiger partial charge in [-0.2, -0.15) is 0 Å². The smallest absolute Gasteiger partial charge is 0.188 e. The first kappa shape index (κ1) is 12.6. The molecular formula is C15H13N3OS. The lowest BCUT2D eigenvalue weighted by Gasteiger charge is -2.10. The summed E-state index contributed by atoms with van der Waals surface area (Å²) in [5.41, 5.74) is 1.12. The molecule has 2 aromatic heterocycles. The predicted molar refractivity (Wildman–Crippen MR) is 80.4 cm³/mol. The van der Waals surface area contributed by atoms with Crippen LogP contribution in [0.4, 0.5) is 10.9 Å². The number of nitrogens with one attached hydrogen (secondary N) is 1. The molecule has 0 atom stereocenters. The summed E-state index contributed by atoms with van der Waals surface area (Å²) in [7, 11) is 0. The second-order valence-electron chi connectivity index (χ2n) is 4.09. The summed E-state index contributed by atoms with van der Waals surface area (Å²) >= 11 is 1.52. The van der Waals surface area contributed by atoms with Gasteiger partial charge < -0.3 is 10.1 Å². The summed E-state index contributed by atoms with van der Waals surface area (Å²) in [6.07, 6.45) is 3.48. The highest BCUT2D eigenvalue weighted by Gasteiger charge is 2.06. The number of hydrogen-bond donors (Lipinski definition) is 1. The number of nitrogens with zero attached hydrogens (tertiary/aromatic N) is 2. The topological polar surface area (TPSA) is 47.0 Å². The summed E-state index contributed by atoms with van der Waals surface area (Å²) in [6, 6.07) is 13.8. The van der Waals surface area contributed by atoms with E-state index in [1.807, 2.05) is 47.8 Å². The zero-order chi connectivity index (χ0) is 13.6. The predicted octanol–water partition coefficient (Wildman–Crippen LogP) is 3.86. The van der Waals surface area contributed by atoms with Crippen LogP contribution in [0.3, 0.4) is 0 Å². The maximum atomic E-state index is 5.82.